The minimum Gasteiger partial charge on any atom is -0.370 e. The summed E-state index contributed by atoms with van der Waals surface area (Å²) in [6.45, 7) is 12.0. The van der Waals surface area contributed by atoms with E-state index in [0.717, 1.165) is 23.5 Å². The van der Waals surface area contributed by atoms with Crippen molar-refractivity contribution in [2.75, 3.05) is 0 Å². The highest BCUT2D eigenvalue weighted by Crippen LogP contribution is 2.09. The molecular weight excluding hydrogens is 253 g/mol. The van der Waals surface area contributed by atoms with Crippen LogP contribution in [0.25, 0.3) is 0 Å². The van der Waals surface area contributed by atoms with Gasteiger partial charge in [-0.25, -0.2) is 4.39 Å². The summed E-state index contributed by atoms with van der Waals surface area (Å²) in [4.78, 5) is 9.22. The first-order valence-corrected chi connectivity index (χ1v) is 7.29. The zero-order chi connectivity index (χ0) is 16.1. The molecule has 0 saturated heterocycles. The van der Waals surface area contributed by atoms with Crippen LogP contribution in [0, 0.1) is 18.7 Å². The molecule has 0 atom stereocenters. The fourth-order valence-electron chi connectivity index (χ4n) is 1.26. The van der Waals surface area contributed by atoms with E-state index in [0.29, 0.717) is 0 Å². The van der Waals surface area contributed by atoms with Crippen LogP contribution >= 0.6 is 0 Å². The van der Waals surface area contributed by atoms with Gasteiger partial charge in [0, 0.05) is 6.92 Å². The van der Waals surface area contributed by atoms with Gasteiger partial charge in [-0.05, 0) is 30.9 Å². The van der Waals surface area contributed by atoms with Crippen LogP contribution in [0.2, 0.25) is 0 Å². The highest BCUT2D eigenvalue weighted by atomic mass is 19.1. The van der Waals surface area contributed by atoms with Crippen molar-refractivity contribution in [2.24, 2.45) is 11.7 Å². The van der Waals surface area contributed by atoms with Gasteiger partial charge in [-0.3, -0.25) is 4.79 Å². The third-order valence-electron chi connectivity index (χ3n) is 2.98. The lowest BCUT2D eigenvalue weighted by Crippen LogP contribution is -2.01. The molecule has 0 aliphatic carbocycles. The molecular formula is C17H30FNO. The molecule has 2 N–H and O–H groups in total. The van der Waals surface area contributed by atoms with Crippen LogP contribution in [0.4, 0.5) is 4.39 Å². The number of aryl methyl sites for hydroxylation is 2. The second-order valence-electron chi connectivity index (χ2n) is 4.98. The molecule has 0 bridgehead atoms. The number of benzene rings is 1. The molecule has 0 radical (unpaired) electrons. The number of hydrogen-bond donors (Lipinski definition) is 1. The van der Waals surface area contributed by atoms with Crippen LogP contribution in [0.5, 0.6) is 0 Å². The summed E-state index contributed by atoms with van der Waals surface area (Å²) in [5.41, 5.74) is 6.40. The Hall–Kier alpha value is -1.38. The van der Waals surface area contributed by atoms with Gasteiger partial charge in [0.15, 0.2) is 0 Å². The van der Waals surface area contributed by atoms with Crippen molar-refractivity contribution in [3.05, 3.63) is 35.1 Å². The van der Waals surface area contributed by atoms with Gasteiger partial charge < -0.3 is 5.73 Å². The molecule has 0 unspecified atom stereocenters. The van der Waals surface area contributed by atoms with Crippen LogP contribution in [0.1, 0.15) is 58.6 Å². The Morgan fingerprint density at radius 3 is 1.95 bits per heavy atom. The Morgan fingerprint density at radius 2 is 1.70 bits per heavy atom. The lowest BCUT2D eigenvalue weighted by molar-refractivity contribution is -0.115. The first-order valence-electron chi connectivity index (χ1n) is 7.29. The van der Waals surface area contributed by atoms with Crippen molar-refractivity contribution in [1.82, 2.24) is 0 Å². The van der Waals surface area contributed by atoms with E-state index in [9.17, 15) is 9.18 Å². The molecule has 0 aliphatic heterocycles. The van der Waals surface area contributed by atoms with Crippen molar-refractivity contribution in [1.29, 1.82) is 0 Å². The van der Waals surface area contributed by atoms with E-state index in [2.05, 4.69) is 26.5 Å². The van der Waals surface area contributed by atoms with Crippen molar-refractivity contribution in [3.63, 3.8) is 0 Å². The molecule has 0 fully saturated rings. The van der Waals surface area contributed by atoms with E-state index in [1.54, 1.807) is 6.07 Å². The quantitative estimate of drug-likeness (QED) is 0.863. The highest BCUT2D eigenvalue weighted by molar-refractivity contribution is 5.70. The van der Waals surface area contributed by atoms with Gasteiger partial charge >= 0.3 is 0 Å². The molecule has 0 aromatic heterocycles. The van der Waals surface area contributed by atoms with E-state index < -0.39 is 0 Å². The van der Waals surface area contributed by atoms with E-state index in [-0.39, 0.29) is 11.7 Å². The number of carbonyl (C=O) groups excluding carboxylic acids is 1. The fourth-order valence-corrected chi connectivity index (χ4v) is 1.26. The van der Waals surface area contributed by atoms with E-state index in [1.165, 1.54) is 25.8 Å². The van der Waals surface area contributed by atoms with Crippen LogP contribution in [0.3, 0.4) is 0 Å². The Kier molecular flexibility index (Phi) is 13.2. The minimum absolute atomic E-state index is 0.0897. The summed E-state index contributed by atoms with van der Waals surface area (Å²) in [6, 6.07) is 5.19. The third-order valence-corrected chi connectivity index (χ3v) is 2.98. The van der Waals surface area contributed by atoms with Gasteiger partial charge in [0.2, 0.25) is 5.91 Å². The molecule has 20 heavy (non-hydrogen) atoms. The van der Waals surface area contributed by atoms with Gasteiger partial charge in [0.05, 0.1) is 0 Å². The Morgan fingerprint density at radius 1 is 1.25 bits per heavy atom. The molecule has 1 amide bonds. The van der Waals surface area contributed by atoms with Crippen LogP contribution < -0.4 is 5.73 Å². The lowest BCUT2D eigenvalue weighted by atomic mass is 10.1. The second kappa shape index (κ2) is 12.6. The average molecular weight is 283 g/mol. The summed E-state index contributed by atoms with van der Waals surface area (Å²) in [5, 5.41) is 0. The SMILES string of the molecule is CC(N)=O.CCC(C)CC.CCc1cc(C)ccc1F. The molecule has 1 aromatic rings. The zero-order valence-corrected chi connectivity index (χ0v) is 13.8. The Labute approximate surface area is 123 Å². The summed E-state index contributed by atoms with van der Waals surface area (Å²) in [7, 11) is 0. The molecule has 0 spiro atoms. The molecule has 0 heterocycles. The maximum Gasteiger partial charge on any atom is 0.214 e. The fraction of sp³-hybridized carbons (Fsp3) is 0.588. The summed E-state index contributed by atoms with van der Waals surface area (Å²) < 4.78 is 12.8. The maximum absolute atomic E-state index is 12.8. The molecule has 116 valence electrons. The number of primary amides is 1. The number of nitrogens with two attached hydrogens (primary N) is 1. The molecule has 0 saturated carbocycles. The first kappa shape index (κ1) is 20.9. The topological polar surface area (TPSA) is 43.1 Å². The lowest BCUT2D eigenvalue weighted by Gasteiger charge is -1.99. The zero-order valence-electron chi connectivity index (χ0n) is 13.8. The van der Waals surface area contributed by atoms with Crippen molar-refractivity contribution >= 4 is 5.91 Å². The van der Waals surface area contributed by atoms with Gasteiger partial charge in [0.25, 0.3) is 0 Å². The van der Waals surface area contributed by atoms with Crippen LogP contribution in [-0.4, -0.2) is 5.91 Å². The normalized spacial score (nSPS) is 9.20. The predicted molar refractivity (Wildman–Crippen MR) is 85.1 cm³/mol. The predicted octanol–water partition coefficient (Wildman–Crippen LogP) is 4.63. The number of halogens is 1. The van der Waals surface area contributed by atoms with Crippen molar-refractivity contribution in [3.8, 4) is 0 Å². The van der Waals surface area contributed by atoms with E-state index >= 15 is 0 Å². The van der Waals surface area contributed by atoms with Crippen molar-refractivity contribution in [2.45, 2.75) is 60.8 Å². The molecule has 0 aliphatic rings. The van der Waals surface area contributed by atoms with Crippen molar-refractivity contribution < 1.29 is 9.18 Å². The molecule has 1 aromatic carbocycles. The largest absolute Gasteiger partial charge is 0.370 e. The smallest absolute Gasteiger partial charge is 0.214 e. The molecule has 3 heteroatoms. The highest BCUT2D eigenvalue weighted by Gasteiger charge is 1.97. The first-order chi connectivity index (χ1) is 9.28. The van der Waals surface area contributed by atoms with Gasteiger partial charge in [-0.1, -0.05) is 58.2 Å². The summed E-state index contributed by atoms with van der Waals surface area (Å²) in [6.07, 6.45) is 3.43. The number of rotatable bonds is 3. The van der Waals surface area contributed by atoms with Gasteiger partial charge in [-0.15, -0.1) is 0 Å². The molecule has 1 rings (SSSR count). The van der Waals surface area contributed by atoms with Crippen LogP contribution in [-0.2, 0) is 11.2 Å². The van der Waals surface area contributed by atoms with Crippen LogP contribution in [0.15, 0.2) is 18.2 Å². The van der Waals surface area contributed by atoms with Gasteiger partial charge in [0.1, 0.15) is 5.82 Å². The monoisotopic (exact) mass is 283 g/mol. The van der Waals surface area contributed by atoms with E-state index in [1.807, 2.05) is 19.9 Å². The molecule has 2 nitrogen and oxygen atoms in total. The Bertz CT molecular complexity index is 369. The second-order valence-corrected chi connectivity index (χ2v) is 4.98. The number of carbonyl (C=O) groups is 1. The van der Waals surface area contributed by atoms with E-state index in [4.69, 9.17) is 0 Å². The Balaban J connectivity index is 0. The van der Waals surface area contributed by atoms with Gasteiger partial charge in [-0.2, -0.15) is 0 Å². The third kappa shape index (κ3) is 13.1. The summed E-state index contributed by atoms with van der Waals surface area (Å²) in [5.74, 6) is 0.512. The number of amides is 1. The standard InChI is InChI=1S/C9H11F.C6H14.C2H5NO/c1-3-8-6-7(2)4-5-9(8)10;1-4-6(3)5-2;1-2(3)4/h4-6H,3H2,1-2H3;6H,4-5H2,1-3H3;1H3,(H2,3,4). The summed E-state index contributed by atoms with van der Waals surface area (Å²) >= 11 is 0. The maximum atomic E-state index is 12.8. The average Bonchev–Trinajstić information content (AvgIpc) is 2.40. The minimum atomic E-state index is -0.333. The number of hydrogen-bond acceptors (Lipinski definition) is 1.